The van der Waals surface area contributed by atoms with Crippen molar-refractivity contribution in [2.45, 2.75) is 20.0 Å². The average molecular weight is 368 g/mol. The van der Waals surface area contributed by atoms with E-state index in [9.17, 15) is 28.1 Å². The molecule has 2 rings (SSSR count). The Balaban J connectivity index is 2.42. The summed E-state index contributed by atoms with van der Waals surface area (Å²) < 4.78 is 44.0. The third-order valence-electron chi connectivity index (χ3n) is 3.60. The fraction of sp³-hybridized carbons (Fsp3) is 0.235. The lowest BCUT2D eigenvalue weighted by Crippen LogP contribution is -2.16. The summed E-state index contributed by atoms with van der Waals surface area (Å²) in [5.41, 5.74) is -1.28. The van der Waals surface area contributed by atoms with Crippen LogP contribution in [0.4, 0.5) is 24.5 Å². The zero-order valence-corrected chi connectivity index (χ0v) is 13.9. The van der Waals surface area contributed by atoms with Crippen molar-refractivity contribution in [2.75, 3.05) is 11.9 Å². The van der Waals surface area contributed by atoms with Gasteiger partial charge < -0.3 is 10.1 Å². The second kappa shape index (κ2) is 7.42. The lowest BCUT2D eigenvalue weighted by atomic mass is 10.1. The van der Waals surface area contributed by atoms with Crippen LogP contribution in [-0.4, -0.2) is 17.4 Å². The first kappa shape index (κ1) is 19.2. The summed E-state index contributed by atoms with van der Waals surface area (Å²) in [4.78, 5) is 22.8. The predicted molar refractivity (Wildman–Crippen MR) is 88.4 cm³/mol. The standard InChI is InChI=1S/C17H15F3N2O4/c1-3-26-15-8-7-11(17(18,19)20)9-13(15)21-16(23)12-5-4-6-14(10(12)2)22(24)25/h4-9H,3H2,1-2H3,(H,21,23). The topological polar surface area (TPSA) is 81.5 Å². The maximum absolute atomic E-state index is 12.9. The molecule has 0 spiro atoms. The Labute approximate surface area is 146 Å². The molecule has 2 aromatic rings. The minimum atomic E-state index is -4.59. The molecule has 0 unspecified atom stereocenters. The molecule has 1 amide bonds. The number of nitro benzene ring substituents is 1. The van der Waals surface area contributed by atoms with Crippen LogP contribution >= 0.6 is 0 Å². The number of halogens is 3. The molecule has 0 bridgehead atoms. The van der Waals surface area contributed by atoms with E-state index in [0.29, 0.717) is 0 Å². The summed E-state index contributed by atoms with van der Waals surface area (Å²) in [6.45, 7) is 3.22. The fourth-order valence-corrected chi connectivity index (χ4v) is 2.34. The van der Waals surface area contributed by atoms with Gasteiger partial charge in [-0.2, -0.15) is 13.2 Å². The van der Waals surface area contributed by atoms with Gasteiger partial charge in [-0.25, -0.2) is 0 Å². The summed E-state index contributed by atoms with van der Waals surface area (Å²) in [5.74, 6) is -0.705. The van der Waals surface area contributed by atoms with Gasteiger partial charge in [-0.05, 0) is 38.1 Å². The number of carbonyl (C=O) groups excluding carboxylic acids is 1. The molecule has 0 heterocycles. The van der Waals surface area contributed by atoms with Gasteiger partial charge in [-0.15, -0.1) is 0 Å². The molecule has 0 aliphatic heterocycles. The third kappa shape index (κ3) is 4.11. The molecule has 9 heteroatoms. The smallest absolute Gasteiger partial charge is 0.416 e. The van der Waals surface area contributed by atoms with Crippen molar-refractivity contribution in [1.82, 2.24) is 0 Å². The number of anilines is 1. The number of carbonyl (C=O) groups is 1. The first-order valence-corrected chi connectivity index (χ1v) is 7.54. The summed E-state index contributed by atoms with van der Waals surface area (Å²) >= 11 is 0. The van der Waals surface area contributed by atoms with Gasteiger partial charge in [0.05, 0.1) is 22.8 Å². The highest BCUT2D eigenvalue weighted by Crippen LogP contribution is 2.35. The van der Waals surface area contributed by atoms with E-state index in [1.807, 2.05) is 0 Å². The number of nitro groups is 1. The number of nitrogens with one attached hydrogen (secondary N) is 1. The van der Waals surface area contributed by atoms with Crippen molar-refractivity contribution < 1.29 is 27.6 Å². The van der Waals surface area contributed by atoms with E-state index >= 15 is 0 Å². The zero-order valence-electron chi connectivity index (χ0n) is 13.9. The fourth-order valence-electron chi connectivity index (χ4n) is 2.34. The maximum Gasteiger partial charge on any atom is 0.416 e. The largest absolute Gasteiger partial charge is 0.492 e. The molecule has 0 aliphatic carbocycles. The second-order valence-corrected chi connectivity index (χ2v) is 5.30. The van der Waals surface area contributed by atoms with E-state index in [1.165, 1.54) is 25.1 Å². The third-order valence-corrected chi connectivity index (χ3v) is 3.60. The van der Waals surface area contributed by atoms with Crippen molar-refractivity contribution in [3.8, 4) is 5.75 Å². The summed E-state index contributed by atoms with van der Waals surface area (Å²) in [5, 5.41) is 13.3. The van der Waals surface area contributed by atoms with Gasteiger partial charge in [0.15, 0.2) is 0 Å². The van der Waals surface area contributed by atoms with Crippen LogP contribution in [0.25, 0.3) is 0 Å². The molecule has 0 aromatic heterocycles. The molecule has 0 saturated heterocycles. The summed E-state index contributed by atoms with van der Waals surface area (Å²) in [6.07, 6.45) is -4.59. The number of nitrogens with zero attached hydrogens (tertiary/aromatic N) is 1. The van der Waals surface area contributed by atoms with E-state index in [-0.39, 0.29) is 34.9 Å². The lowest BCUT2D eigenvalue weighted by Gasteiger charge is -2.15. The van der Waals surface area contributed by atoms with Crippen molar-refractivity contribution in [1.29, 1.82) is 0 Å². The predicted octanol–water partition coefficient (Wildman–Crippen LogP) is 4.57. The number of alkyl halides is 3. The number of hydrogen-bond acceptors (Lipinski definition) is 4. The number of hydrogen-bond donors (Lipinski definition) is 1. The molecule has 26 heavy (non-hydrogen) atoms. The number of rotatable bonds is 5. The van der Waals surface area contributed by atoms with Crippen molar-refractivity contribution >= 4 is 17.3 Å². The normalized spacial score (nSPS) is 11.1. The van der Waals surface area contributed by atoms with Crippen molar-refractivity contribution in [3.63, 3.8) is 0 Å². The molecule has 0 saturated carbocycles. The van der Waals surface area contributed by atoms with Crippen LogP contribution < -0.4 is 10.1 Å². The van der Waals surface area contributed by atoms with E-state index in [1.54, 1.807) is 6.92 Å². The van der Waals surface area contributed by atoms with Gasteiger partial charge in [0.25, 0.3) is 11.6 Å². The Morgan fingerprint density at radius 3 is 2.54 bits per heavy atom. The second-order valence-electron chi connectivity index (χ2n) is 5.30. The first-order valence-electron chi connectivity index (χ1n) is 7.54. The summed E-state index contributed by atoms with van der Waals surface area (Å²) in [6, 6.07) is 6.64. The van der Waals surface area contributed by atoms with Gasteiger partial charge >= 0.3 is 6.18 Å². The Morgan fingerprint density at radius 2 is 1.96 bits per heavy atom. The van der Waals surface area contributed by atoms with Gasteiger partial charge in [-0.3, -0.25) is 14.9 Å². The van der Waals surface area contributed by atoms with Crippen LogP contribution in [0.3, 0.4) is 0 Å². The highest BCUT2D eigenvalue weighted by atomic mass is 19.4. The van der Waals surface area contributed by atoms with Gasteiger partial charge in [0, 0.05) is 17.2 Å². The molecule has 1 N–H and O–H groups in total. The van der Waals surface area contributed by atoms with Crippen LogP contribution in [0.2, 0.25) is 0 Å². The molecule has 0 aliphatic rings. The Morgan fingerprint density at radius 1 is 1.27 bits per heavy atom. The average Bonchev–Trinajstić information content (AvgIpc) is 2.55. The van der Waals surface area contributed by atoms with Crippen LogP contribution in [0, 0.1) is 17.0 Å². The Bertz CT molecular complexity index is 850. The summed E-state index contributed by atoms with van der Waals surface area (Å²) in [7, 11) is 0. The van der Waals surface area contributed by atoms with Crippen LogP contribution in [0.5, 0.6) is 5.75 Å². The molecule has 0 atom stereocenters. The van der Waals surface area contributed by atoms with E-state index < -0.39 is 22.6 Å². The number of ether oxygens (including phenoxy) is 1. The van der Waals surface area contributed by atoms with E-state index in [0.717, 1.165) is 18.2 Å². The molecular formula is C17H15F3N2O4. The van der Waals surface area contributed by atoms with Crippen LogP contribution in [-0.2, 0) is 6.18 Å². The lowest BCUT2D eigenvalue weighted by molar-refractivity contribution is -0.385. The van der Waals surface area contributed by atoms with E-state index in [4.69, 9.17) is 4.74 Å². The van der Waals surface area contributed by atoms with Crippen molar-refractivity contribution in [3.05, 3.63) is 63.2 Å². The highest BCUT2D eigenvalue weighted by molar-refractivity contribution is 6.06. The highest BCUT2D eigenvalue weighted by Gasteiger charge is 2.31. The number of benzene rings is 2. The Hall–Kier alpha value is -3.10. The zero-order chi connectivity index (χ0) is 19.5. The van der Waals surface area contributed by atoms with Crippen LogP contribution in [0.1, 0.15) is 28.4 Å². The molecular weight excluding hydrogens is 353 g/mol. The number of amides is 1. The van der Waals surface area contributed by atoms with E-state index in [2.05, 4.69) is 5.32 Å². The SMILES string of the molecule is CCOc1ccc(C(F)(F)F)cc1NC(=O)c1cccc([N+](=O)[O-])c1C. The first-order chi connectivity index (χ1) is 12.1. The maximum atomic E-state index is 12.9. The molecule has 0 radical (unpaired) electrons. The van der Waals surface area contributed by atoms with Crippen LogP contribution in [0.15, 0.2) is 36.4 Å². The van der Waals surface area contributed by atoms with Gasteiger partial charge in [0.2, 0.25) is 0 Å². The molecule has 138 valence electrons. The molecule has 0 fully saturated rings. The van der Waals surface area contributed by atoms with Crippen molar-refractivity contribution in [2.24, 2.45) is 0 Å². The minimum Gasteiger partial charge on any atom is -0.492 e. The minimum absolute atomic E-state index is 0.0148. The Kier molecular flexibility index (Phi) is 5.49. The molecule has 2 aromatic carbocycles. The van der Waals surface area contributed by atoms with Gasteiger partial charge in [0.1, 0.15) is 5.75 Å². The quantitative estimate of drug-likeness (QED) is 0.619. The van der Waals surface area contributed by atoms with Gasteiger partial charge in [-0.1, -0.05) is 6.07 Å². The molecule has 6 nitrogen and oxygen atoms in total. The monoisotopic (exact) mass is 368 g/mol.